The summed E-state index contributed by atoms with van der Waals surface area (Å²) in [5, 5.41) is 10.0. The molecule has 2 nitrogen and oxygen atoms in total. The average molecular weight is 293 g/mol. The fraction of sp³-hybridized carbons (Fsp3) is 0. The highest BCUT2D eigenvalue weighted by molar-refractivity contribution is 6.42. The molecule has 4 heteroatoms. The third kappa shape index (κ3) is 3.37. The fourth-order valence-electron chi connectivity index (χ4n) is 1.64. The molecule has 1 N–H and O–H groups in total. The molecule has 0 bridgehead atoms. The number of halogens is 2. The van der Waals surface area contributed by atoms with Gasteiger partial charge >= 0.3 is 5.97 Å². The highest BCUT2D eigenvalue weighted by Crippen LogP contribution is 2.23. The molecule has 0 fully saturated rings. The van der Waals surface area contributed by atoms with Gasteiger partial charge in [0, 0.05) is 0 Å². The van der Waals surface area contributed by atoms with Crippen molar-refractivity contribution in [3.05, 3.63) is 69.2 Å². The molecule has 0 unspecified atom stereocenters. The Hall–Kier alpha value is -1.77. The van der Waals surface area contributed by atoms with E-state index in [-0.39, 0.29) is 5.56 Å². The largest absolute Gasteiger partial charge is 0.478 e. The molecule has 0 heterocycles. The second-order valence-electron chi connectivity index (χ2n) is 3.90. The quantitative estimate of drug-likeness (QED) is 0.820. The van der Waals surface area contributed by atoms with E-state index in [1.165, 1.54) is 0 Å². The van der Waals surface area contributed by atoms with Gasteiger partial charge in [0.15, 0.2) is 0 Å². The Morgan fingerprint density at radius 3 is 2.42 bits per heavy atom. The molecule has 0 aliphatic rings. The van der Waals surface area contributed by atoms with Crippen LogP contribution in [0.15, 0.2) is 42.5 Å². The van der Waals surface area contributed by atoms with Gasteiger partial charge in [-0.05, 0) is 29.3 Å². The summed E-state index contributed by atoms with van der Waals surface area (Å²) in [5.41, 5.74) is 1.76. The molecule has 0 aliphatic heterocycles. The van der Waals surface area contributed by atoms with Gasteiger partial charge in [-0.1, -0.05) is 59.6 Å². The van der Waals surface area contributed by atoms with Crippen LogP contribution in [0.4, 0.5) is 0 Å². The number of hydrogen-bond donors (Lipinski definition) is 1. The Balaban J connectivity index is 2.32. The van der Waals surface area contributed by atoms with Crippen molar-refractivity contribution in [1.29, 1.82) is 0 Å². The summed E-state index contributed by atoms with van der Waals surface area (Å²) in [7, 11) is 0. The zero-order valence-corrected chi connectivity index (χ0v) is 11.3. The van der Waals surface area contributed by atoms with Gasteiger partial charge in [-0.15, -0.1) is 0 Å². The summed E-state index contributed by atoms with van der Waals surface area (Å²) >= 11 is 11.7. The molecule has 0 aromatic heterocycles. The molecule has 0 saturated heterocycles. The maximum Gasteiger partial charge on any atom is 0.336 e. The first kappa shape index (κ1) is 13.7. The number of aromatic carboxylic acids is 1. The maximum atomic E-state index is 11.1. The lowest BCUT2D eigenvalue weighted by Gasteiger charge is -2.01. The van der Waals surface area contributed by atoms with Crippen LogP contribution < -0.4 is 0 Å². The Bertz CT molecular complexity index is 648. The highest BCUT2D eigenvalue weighted by atomic mass is 35.5. The Morgan fingerprint density at radius 2 is 1.74 bits per heavy atom. The molecule has 0 spiro atoms. The van der Waals surface area contributed by atoms with Crippen LogP contribution in [0.1, 0.15) is 21.5 Å². The van der Waals surface area contributed by atoms with Crippen molar-refractivity contribution in [3.8, 4) is 0 Å². The number of carbonyl (C=O) groups is 1. The monoisotopic (exact) mass is 292 g/mol. The normalized spacial score (nSPS) is 10.8. The van der Waals surface area contributed by atoms with Crippen molar-refractivity contribution in [2.45, 2.75) is 0 Å². The topological polar surface area (TPSA) is 37.3 Å². The lowest BCUT2D eigenvalue weighted by molar-refractivity contribution is 0.0696. The summed E-state index contributed by atoms with van der Waals surface area (Å²) in [6, 6.07) is 12.0. The second kappa shape index (κ2) is 5.91. The Morgan fingerprint density at radius 1 is 1.00 bits per heavy atom. The lowest BCUT2D eigenvalue weighted by Crippen LogP contribution is -1.98. The number of rotatable bonds is 3. The molecule has 2 aromatic carbocycles. The maximum absolute atomic E-state index is 11.1. The van der Waals surface area contributed by atoms with Gasteiger partial charge in [0.1, 0.15) is 0 Å². The van der Waals surface area contributed by atoms with Gasteiger partial charge in [-0.3, -0.25) is 0 Å². The van der Waals surface area contributed by atoms with Crippen molar-refractivity contribution in [3.63, 3.8) is 0 Å². The third-order valence-electron chi connectivity index (χ3n) is 2.59. The van der Waals surface area contributed by atoms with Crippen molar-refractivity contribution in [2.75, 3.05) is 0 Å². The van der Waals surface area contributed by atoms with Crippen LogP contribution in [-0.2, 0) is 0 Å². The molecule has 2 rings (SSSR count). The Kier molecular flexibility index (Phi) is 4.25. The summed E-state index contributed by atoms with van der Waals surface area (Å²) in [6.45, 7) is 0. The molecule has 2 aromatic rings. The summed E-state index contributed by atoms with van der Waals surface area (Å²) < 4.78 is 0. The minimum atomic E-state index is -0.950. The smallest absolute Gasteiger partial charge is 0.336 e. The van der Waals surface area contributed by atoms with E-state index in [1.54, 1.807) is 48.6 Å². The zero-order valence-electron chi connectivity index (χ0n) is 9.81. The van der Waals surface area contributed by atoms with Gasteiger partial charge in [0.2, 0.25) is 0 Å². The number of hydrogen-bond acceptors (Lipinski definition) is 1. The van der Waals surface area contributed by atoms with Gasteiger partial charge < -0.3 is 5.11 Å². The Labute approximate surface area is 120 Å². The minimum Gasteiger partial charge on any atom is -0.478 e. The van der Waals surface area contributed by atoms with Crippen LogP contribution in [0.2, 0.25) is 10.0 Å². The summed E-state index contributed by atoms with van der Waals surface area (Å²) in [6.07, 6.45) is 3.53. The minimum absolute atomic E-state index is 0.263. The predicted octanol–water partition coefficient (Wildman–Crippen LogP) is 4.86. The van der Waals surface area contributed by atoms with Crippen molar-refractivity contribution in [2.24, 2.45) is 0 Å². The molecule has 0 saturated carbocycles. The first-order valence-electron chi connectivity index (χ1n) is 5.53. The number of carboxylic acids is 1. The molecule has 0 atom stereocenters. The van der Waals surface area contributed by atoms with E-state index in [2.05, 4.69) is 0 Å². The van der Waals surface area contributed by atoms with Gasteiger partial charge in [0.05, 0.1) is 15.6 Å². The molecule has 96 valence electrons. The van der Waals surface area contributed by atoms with Crippen molar-refractivity contribution >= 4 is 41.3 Å². The van der Waals surface area contributed by atoms with Crippen LogP contribution in [-0.4, -0.2) is 11.1 Å². The second-order valence-corrected chi connectivity index (χ2v) is 4.71. The fourth-order valence-corrected chi connectivity index (χ4v) is 1.95. The van der Waals surface area contributed by atoms with E-state index >= 15 is 0 Å². The van der Waals surface area contributed by atoms with E-state index in [0.717, 1.165) is 5.56 Å². The SMILES string of the molecule is O=C(O)c1ccccc1/C=C/c1ccc(Cl)c(Cl)c1. The van der Waals surface area contributed by atoms with Gasteiger partial charge in [-0.25, -0.2) is 4.79 Å². The standard InChI is InChI=1S/C15H10Cl2O2/c16-13-8-6-10(9-14(13)17)5-7-11-3-1-2-4-12(11)15(18)19/h1-9H,(H,18,19)/b7-5+. The first-order valence-corrected chi connectivity index (χ1v) is 6.29. The van der Waals surface area contributed by atoms with E-state index in [0.29, 0.717) is 15.6 Å². The van der Waals surface area contributed by atoms with Crippen LogP contribution in [0.3, 0.4) is 0 Å². The van der Waals surface area contributed by atoms with E-state index < -0.39 is 5.97 Å². The van der Waals surface area contributed by atoms with Crippen LogP contribution in [0.5, 0.6) is 0 Å². The summed E-state index contributed by atoms with van der Waals surface area (Å²) in [4.78, 5) is 11.1. The van der Waals surface area contributed by atoms with Crippen LogP contribution in [0.25, 0.3) is 12.2 Å². The lowest BCUT2D eigenvalue weighted by atomic mass is 10.1. The molecule has 0 radical (unpaired) electrons. The molecule has 0 amide bonds. The van der Waals surface area contributed by atoms with Crippen molar-refractivity contribution < 1.29 is 9.90 Å². The molecular formula is C15H10Cl2O2. The van der Waals surface area contributed by atoms with Crippen molar-refractivity contribution in [1.82, 2.24) is 0 Å². The average Bonchev–Trinajstić information content (AvgIpc) is 2.40. The van der Waals surface area contributed by atoms with Crippen LogP contribution >= 0.6 is 23.2 Å². The molecule has 0 aliphatic carbocycles. The highest BCUT2D eigenvalue weighted by Gasteiger charge is 2.06. The van der Waals surface area contributed by atoms with E-state index in [1.807, 2.05) is 6.07 Å². The predicted molar refractivity (Wildman–Crippen MR) is 78.8 cm³/mol. The van der Waals surface area contributed by atoms with E-state index in [4.69, 9.17) is 28.3 Å². The zero-order chi connectivity index (χ0) is 13.8. The van der Waals surface area contributed by atoms with Gasteiger partial charge in [0.25, 0.3) is 0 Å². The number of benzene rings is 2. The number of carboxylic acid groups (broad SMARTS) is 1. The van der Waals surface area contributed by atoms with Crippen LogP contribution in [0, 0.1) is 0 Å². The first-order chi connectivity index (χ1) is 9.08. The summed E-state index contributed by atoms with van der Waals surface area (Å²) in [5.74, 6) is -0.950. The molecular weight excluding hydrogens is 283 g/mol. The molecule has 19 heavy (non-hydrogen) atoms. The van der Waals surface area contributed by atoms with E-state index in [9.17, 15) is 4.79 Å². The third-order valence-corrected chi connectivity index (χ3v) is 3.33. The van der Waals surface area contributed by atoms with Gasteiger partial charge in [-0.2, -0.15) is 0 Å².